The molecule has 5 nitrogen and oxygen atoms in total. The van der Waals surface area contributed by atoms with E-state index in [9.17, 15) is 0 Å². The zero-order valence-electron chi connectivity index (χ0n) is 13.8. The van der Waals surface area contributed by atoms with E-state index in [0.29, 0.717) is 17.9 Å². The first kappa shape index (κ1) is 14.4. The Morgan fingerprint density at radius 1 is 1.12 bits per heavy atom. The zero-order chi connectivity index (χ0) is 15.9. The quantitative estimate of drug-likeness (QED) is 0.910. The van der Waals surface area contributed by atoms with Crippen LogP contribution in [0.1, 0.15) is 41.5 Å². The molecule has 2 fully saturated rings. The van der Waals surface area contributed by atoms with Crippen LogP contribution in [0.2, 0.25) is 0 Å². The van der Waals surface area contributed by atoms with E-state index in [1.807, 2.05) is 12.4 Å². The smallest absolute Gasteiger partial charge is 0.227 e. The predicted octanol–water partition coefficient (Wildman–Crippen LogP) is 2.60. The number of fused-ring (bicyclic) bond motifs is 3. The van der Waals surface area contributed by atoms with Crippen LogP contribution in [0.15, 0.2) is 30.6 Å². The topological polar surface area (TPSA) is 53.1 Å². The molecule has 1 saturated carbocycles. The molecule has 24 heavy (non-hydrogen) atoms. The number of hydrogen-bond donors (Lipinski definition) is 2. The maximum absolute atomic E-state index is 4.47. The van der Waals surface area contributed by atoms with Gasteiger partial charge in [0.15, 0.2) is 0 Å². The van der Waals surface area contributed by atoms with Crippen LogP contribution in [0.4, 0.5) is 11.6 Å². The summed E-state index contributed by atoms with van der Waals surface area (Å²) in [6, 6.07) is 7.25. The van der Waals surface area contributed by atoms with Crippen LogP contribution in [0.25, 0.3) is 0 Å². The second-order valence-electron chi connectivity index (χ2n) is 7.16. The molecule has 0 bridgehead atoms. The molecule has 0 radical (unpaired) electrons. The summed E-state index contributed by atoms with van der Waals surface area (Å²) in [5.74, 6) is 1.39. The molecule has 5 rings (SSSR count). The number of benzene rings is 1. The van der Waals surface area contributed by atoms with E-state index in [2.05, 4.69) is 43.7 Å². The third-order valence-electron chi connectivity index (χ3n) is 5.50. The highest BCUT2D eigenvalue weighted by molar-refractivity contribution is 5.56. The van der Waals surface area contributed by atoms with Crippen molar-refractivity contribution < 1.29 is 0 Å². The molecule has 2 N–H and O–H groups in total. The van der Waals surface area contributed by atoms with Crippen LogP contribution in [-0.4, -0.2) is 41.0 Å². The van der Waals surface area contributed by atoms with E-state index in [0.717, 1.165) is 38.3 Å². The first-order chi connectivity index (χ1) is 11.9. The maximum Gasteiger partial charge on any atom is 0.227 e. The standard InChI is InChI=1S/C19H23N5/c1-2-13(1)15-10-21-19(22-11-15)23-16-3-4-17-14(9-16)5-7-24-8-6-20-12-18(17)24/h3-4,9-11,13,18,20H,1-2,5-8,12H2,(H,21,22,23)/t18-/m0/s1. The van der Waals surface area contributed by atoms with E-state index >= 15 is 0 Å². The Morgan fingerprint density at radius 3 is 2.83 bits per heavy atom. The molecule has 1 aromatic carbocycles. The number of nitrogens with one attached hydrogen (secondary N) is 2. The molecule has 3 heterocycles. The van der Waals surface area contributed by atoms with E-state index in [-0.39, 0.29) is 0 Å². The fourth-order valence-electron chi connectivity index (χ4n) is 3.97. The second kappa shape index (κ2) is 5.83. The van der Waals surface area contributed by atoms with Crippen LogP contribution in [-0.2, 0) is 6.42 Å². The third-order valence-corrected chi connectivity index (χ3v) is 5.50. The van der Waals surface area contributed by atoms with Gasteiger partial charge in [-0.05, 0) is 54.0 Å². The Bertz CT molecular complexity index is 738. The van der Waals surface area contributed by atoms with Crippen molar-refractivity contribution in [1.29, 1.82) is 0 Å². The van der Waals surface area contributed by atoms with E-state index in [4.69, 9.17) is 0 Å². The summed E-state index contributed by atoms with van der Waals surface area (Å²) in [6.07, 6.45) is 7.64. The average Bonchev–Trinajstić information content (AvgIpc) is 3.47. The fraction of sp³-hybridized carbons (Fsp3) is 0.474. The first-order valence-corrected chi connectivity index (χ1v) is 9.03. The number of anilines is 2. The summed E-state index contributed by atoms with van der Waals surface area (Å²) in [4.78, 5) is 11.5. The summed E-state index contributed by atoms with van der Waals surface area (Å²) < 4.78 is 0. The van der Waals surface area contributed by atoms with Gasteiger partial charge in [0.2, 0.25) is 5.95 Å². The van der Waals surface area contributed by atoms with Crippen molar-refractivity contribution in [2.45, 2.75) is 31.2 Å². The number of aromatic nitrogens is 2. The largest absolute Gasteiger partial charge is 0.324 e. The van der Waals surface area contributed by atoms with Crippen molar-refractivity contribution in [1.82, 2.24) is 20.2 Å². The summed E-state index contributed by atoms with van der Waals surface area (Å²) >= 11 is 0. The van der Waals surface area contributed by atoms with Gasteiger partial charge >= 0.3 is 0 Å². The molecule has 124 valence electrons. The lowest BCUT2D eigenvalue weighted by Gasteiger charge is -2.41. The van der Waals surface area contributed by atoms with Gasteiger partial charge in [0.1, 0.15) is 0 Å². The normalized spacial score (nSPS) is 23.4. The van der Waals surface area contributed by atoms with Crippen molar-refractivity contribution in [3.63, 3.8) is 0 Å². The predicted molar refractivity (Wildman–Crippen MR) is 94.6 cm³/mol. The highest BCUT2D eigenvalue weighted by atomic mass is 15.2. The lowest BCUT2D eigenvalue weighted by Crippen LogP contribution is -2.48. The van der Waals surface area contributed by atoms with Crippen LogP contribution < -0.4 is 10.6 Å². The average molecular weight is 321 g/mol. The van der Waals surface area contributed by atoms with Crippen molar-refractivity contribution in [3.05, 3.63) is 47.3 Å². The third kappa shape index (κ3) is 2.68. The Labute approximate surface area is 142 Å². The molecule has 1 aliphatic carbocycles. The van der Waals surface area contributed by atoms with E-state index in [1.165, 1.54) is 29.5 Å². The molecule has 1 atom stereocenters. The van der Waals surface area contributed by atoms with Crippen LogP contribution in [0.5, 0.6) is 0 Å². The van der Waals surface area contributed by atoms with E-state index < -0.39 is 0 Å². The minimum Gasteiger partial charge on any atom is -0.324 e. The van der Waals surface area contributed by atoms with Crippen LogP contribution >= 0.6 is 0 Å². The van der Waals surface area contributed by atoms with Gasteiger partial charge in [-0.3, -0.25) is 4.90 Å². The molecule has 1 aromatic heterocycles. The minimum absolute atomic E-state index is 0.533. The molecular weight excluding hydrogens is 298 g/mol. The Balaban J connectivity index is 1.35. The van der Waals surface area contributed by atoms with Gasteiger partial charge in [0.05, 0.1) is 0 Å². The highest BCUT2D eigenvalue weighted by Gasteiger charge is 2.29. The van der Waals surface area contributed by atoms with Gasteiger partial charge in [-0.1, -0.05) is 6.07 Å². The van der Waals surface area contributed by atoms with Crippen molar-refractivity contribution >= 4 is 11.6 Å². The monoisotopic (exact) mass is 321 g/mol. The number of nitrogens with zero attached hydrogens (tertiary/aromatic N) is 3. The van der Waals surface area contributed by atoms with Gasteiger partial charge in [0, 0.05) is 50.3 Å². The second-order valence-corrected chi connectivity index (χ2v) is 7.16. The minimum atomic E-state index is 0.533. The lowest BCUT2D eigenvalue weighted by molar-refractivity contribution is 0.152. The highest BCUT2D eigenvalue weighted by Crippen LogP contribution is 2.39. The van der Waals surface area contributed by atoms with Crippen molar-refractivity contribution in [3.8, 4) is 0 Å². The first-order valence-electron chi connectivity index (χ1n) is 9.03. The summed E-state index contributed by atoms with van der Waals surface area (Å²) in [7, 11) is 0. The summed E-state index contributed by atoms with van der Waals surface area (Å²) in [5.41, 5.74) is 5.30. The molecule has 0 spiro atoms. The Hall–Kier alpha value is -1.98. The van der Waals surface area contributed by atoms with Crippen LogP contribution in [0, 0.1) is 0 Å². The van der Waals surface area contributed by atoms with E-state index in [1.54, 1.807) is 0 Å². The Morgan fingerprint density at radius 2 is 2.00 bits per heavy atom. The SMILES string of the molecule is c1cc2c(cc1Nc1ncc(C3CC3)cn1)CCN1CCNC[C@@H]21. The molecule has 0 amide bonds. The summed E-state index contributed by atoms with van der Waals surface area (Å²) in [6.45, 7) is 4.49. The molecule has 1 saturated heterocycles. The zero-order valence-corrected chi connectivity index (χ0v) is 13.8. The molecule has 5 heteroatoms. The molecule has 0 unspecified atom stereocenters. The van der Waals surface area contributed by atoms with Gasteiger partial charge in [-0.25, -0.2) is 9.97 Å². The Kier molecular flexibility index (Phi) is 3.49. The number of piperazine rings is 1. The van der Waals surface area contributed by atoms with Gasteiger partial charge in [-0.2, -0.15) is 0 Å². The molecule has 2 aliphatic heterocycles. The van der Waals surface area contributed by atoms with Crippen LogP contribution in [0.3, 0.4) is 0 Å². The van der Waals surface area contributed by atoms with Gasteiger partial charge in [0.25, 0.3) is 0 Å². The van der Waals surface area contributed by atoms with Gasteiger partial charge < -0.3 is 10.6 Å². The summed E-state index contributed by atoms with van der Waals surface area (Å²) in [5, 5.41) is 6.88. The van der Waals surface area contributed by atoms with Gasteiger partial charge in [-0.15, -0.1) is 0 Å². The molecule has 3 aliphatic rings. The molecule has 2 aromatic rings. The maximum atomic E-state index is 4.47. The molecular formula is C19H23N5. The van der Waals surface area contributed by atoms with Crippen molar-refractivity contribution in [2.75, 3.05) is 31.5 Å². The number of rotatable bonds is 3. The number of hydrogen-bond acceptors (Lipinski definition) is 5. The fourth-order valence-corrected chi connectivity index (χ4v) is 3.97. The lowest BCUT2D eigenvalue weighted by atomic mass is 9.91. The van der Waals surface area contributed by atoms with Crippen molar-refractivity contribution in [2.24, 2.45) is 0 Å².